The SMILES string of the molecule is Cc1cccc(OCC(O)CNC(=O)CCc2ccccc2N)c1. The van der Waals surface area contributed by atoms with E-state index < -0.39 is 6.10 Å². The number of amides is 1. The highest BCUT2D eigenvalue weighted by Gasteiger charge is 2.09. The van der Waals surface area contributed by atoms with Gasteiger partial charge < -0.3 is 20.9 Å². The lowest BCUT2D eigenvalue weighted by Crippen LogP contribution is -2.35. The molecule has 128 valence electrons. The van der Waals surface area contributed by atoms with Crippen LogP contribution in [0.15, 0.2) is 48.5 Å². The molecule has 2 aromatic rings. The van der Waals surface area contributed by atoms with Crippen LogP contribution < -0.4 is 15.8 Å². The van der Waals surface area contributed by atoms with Crippen molar-refractivity contribution in [1.29, 1.82) is 0 Å². The van der Waals surface area contributed by atoms with Crippen LogP contribution in [0, 0.1) is 6.92 Å². The van der Waals surface area contributed by atoms with Crippen molar-refractivity contribution in [2.24, 2.45) is 0 Å². The Morgan fingerprint density at radius 1 is 1.25 bits per heavy atom. The van der Waals surface area contributed by atoms with Crippen LogP contribution in [0.3, 0.4) is 0 Å². The van der Waals surface area contributed by atoms with Gasteiger partial charge in [0.05, 0.1) is 0 Å². The van der Waals surface area contributed by atoms with Crippen LogP contribution in [0.25, 0.3) is 0 Å². The van der Waals surface area contributed by atoms with E-state index in [2.05, 4.69) is 5.32 Å². The van der Waals surface area contributed by atoms with E-state index in [0.29, 0.717) is 24.3 Å². The molecular formula is C19H24N2O3. The van der Waals surface area contributed by atoms with Gasteiger partial charge >= 0.3 is 0 Å². The predicted octanol–water partition coefficient (Wildman–Crippen LogP) is 2.07. The van der Waals surface area contributed by atoms with Gasteiger partial charge in [0.25, 0.3) is 0 Å². The van der Waals surface area contributed by atoms with Gasteiger partial charge in [0.15, 0.2) is 0 Å². The molecule has 4 N–H and O–H groups in total. The first-order chi connectivity index (χ1) is 11.5. The number of rotatable bonds is 8. The van der Waals surface area contributed by atoms with Crippen LogP contribution in [-0.4, -0.2) is 30.3 Å². The van der Waals surface area contributed by atoms with Gasteiger partial charge in [-0.25, -0.2) is 0 Å². The smallest absolute Gasteiger partial charge is 0.220 e. The first kappa shape index (κ1) is 17.8. The number of aliphatic hydroxyl groups excluding tert-OH is 1. The maximum atomic E-state index is 11.8. The third kappa shape index (κ3) is 5.93. The first-order valence-electron chi connectivity index (χ1n) is 8.02. The fourth-order valence-corrected chi connectivity index (χ4v) is 2.29. The number of aryl methyl sites for hydroxylation is 2. The molecule has 24 heavy (non-hydrogen) atoms. The van der Waals surface area contributed by atoms with E-state index >= 15 is 0 Å². The fraction of sp³-hybridized carbons (Fsp3) is 0.316. The summed E-state index contributed by atoms with van der Waals surface area (Å²) in [5.41, 5.74) is 8.59. The average molecular weight is 328 g/mol. The summed E-state index contributed by atoms with van der Waals surface area (Å²) in [5.74, 6) is 0.591. The molecule has 0 fully saturated rings. The highest BCUT2D eigenvalue weighted by Crippen LogP contribution is 2.13. The van der Waals surface area contributed by atoms with Crippen molar-refractivity contribution in [2.45, 2.75) is 25.9 Å². The van der Waals surface area contributed by atoms with Gasteiger partial charge in [0.1, 0.15) is 18.5 Å². The lowest BCUT2D eigenvalue weighted by molar-refractivity contribution is -0.121. The first-order valence-corrected chi connectivity index (χ1v) is 8.02. The highest BCUT2D eigenvalue weighted by atomic mass is 16.5. The van der Waals surface area contributed by atoms with E-state index in [4.69, 9.17) is 10.5 Å². The molecule has 0 aromatic heterocycles. The number of nitrogens with one attached hydrogen (secondary N) is 1. The normalized spacial score (nSPS) is 11.8. The number of benzene rings is 2. The van der Waals surface area contributed by atoms with E-state index in [9.17, 15) is 9.90 Å². The number of nitrogen functional groups attached to an aromatic ring is 1. The number of hydrogen-bond donors (Lipinski definition) is 3. The molecule has 0 aliphatic heterocycles. The Bertz CT molecular complexity index is 673. The standard InChI is InChI=1S/C19H24N2O3/c1-14-5-4-7-17(11-14)24-13-16(22)12-21-19(23)10-9-15-6-2-3-8-18(15)20/h2-8,11,16,22H,9-10,12-13,20H2,1H3,(H,21,23). The van der Waals surface area contributed by atoms with Crippen molar-refractivity contribution in [1.82, 2.24) is 5.32 Å². The van der Waals surface area contributed by atoms with Gasteiger partial charge in [0.2, 0.25) is 5.91 Å². The second-order valence-electron chi connectivity index (χ2n) is 5.78. The molecule has 0 radical (unpaired) electrons. The number of nitrogens with two attached hydrogens (primary N) is 1. The summed E-state index contributed by atoms with van der Waals surface area (Å²) in [5, 5.41) is 12.6. The summed E-state index contributed by atoms with van der Waals surface area (Å²) in [6.45, 7) is 2.27. The Hall–Kier alpha value is -2.53. The molecule has 1 unspecified atom stereocenters. The van der Waals surface area contributed by atoms with Crippen LogP contribution in [0.5, 0.6) is 5.75 Å². The van der Waals surface area contributed by atoms with Crippen molar-refractivity contribution in [3.63, 3.8) is 0 Å². The van der Waals surface area contributed by atoms with Crippen molar-refractivity contribution >= 4 is 11.6 Å². The molecule has 5 heteroatoms. The minimum atomic E-state index is -0.753. The zero-order valence-electron chi connectivity index (χ0n) is 13.9. The van der Waals surface area contributed by atoms with Crippen molar-refractivity contribution in [3.05, 3.63) is 59.7 Å². The fourth-order valence-electron chi connectivity index (χ4n) is 2.29. The Balaban J connectivity index is 1.66. The summed E-state index contributed by atoms with van der Waals surface area (Å²) < 4.78 is 5.51. The molecule has 0 spiro atoms. The van der Waals surface area contributed by atoms with Crippen LogP contribution in [0.2, 0.25) is 0 Å². The minimum absolute atomic E-state index is 0.118. The number of ether oxygens (including phenoxy) is 1. The van der Waals surface area contributed by atoms with Crippen molar-refractivity contribution in [3.8, 4) is 5.75 Å². The highest BCUT2D eigenvalue weighted by molar-refractivity contribution is 5.76. The lowest BCUT2D eigenvalue weighted by Gasteiger charge is -2.14. The average Bonchev–Trinajstić information content (AvgIpc) is 2.57. The molecule has 2 aromatic carbocycles. The molecule has 2 rings (SSSR count). The van der Waals surface area contributed by atoms with E-state index in [-0.39, 0.29) is 19.1 Å². The molecular weight excluding hydrogens is 304 g/mol. The maximum absolute atomic E-state index is 11.8. The monoisotopic (exact) mass is 328 g/mol. The van der Waals surface area contributed by atoms with Crippen LogP contribution in [0.4, 0.5) is 5.69 Å². The quantitative estimate of drug-likeness (QED) is 0.648. The molecule has 0 aliphatic rings. The van der Waals surface area contributed by atoms with Gasteiger partial charge in [-0.05, 0) is 42.7 Å². The van der Waals surface area contributed by atoms with Crippen LogP contribution in [-0.2, 0) is 11.2 Å². The van der Waals surface area contributed by atoms with Gasteiger partial charge in [-0.1, -0.05) is 30.3 Å². The van der Waals surface area contributed by atoms with Gasteiger partial charge in [-0.3, -0.25) is 4.79 Å². The second-order valence-corrected chi connectivity index (χ2v) is 5.78. The predicted molar refractivity (Wildman–Crippen MR) is 94.9 cm³/mol. The number of anilines is 1. The summed E-state index contributed by atoms with van der Waals surface area (Å²) in [4.78, 5) is 11.8. The van der Waals surface area contributed by atoms with Crippen molar-refractivity contribution < 1.29 is 14.6 Å². The van der Waals surface area contributed by atoms with E-state index in [1.165, 1.54) is 0 Å². The number of para-hydroxylation sites is 1. The number of aliphatic hydroxyl groups is 1. The molecule has 1 atom stereocenters. The Kier molecular flexibility index (Phi) is 6.63. The Labute approximate surface area is 142 Å². The third-order valence-electron chi connectivity index (χ3n) is 3.64. The summed E-state index contributed by atoms with van der Waals surface area (Å²) in [7, 11) is 0. The maximum Gasteiger partial charge on any atom is 0.220 e. The lowest BCUT2D eigenvalue weighted by atomic mass is 10.1. The zero-order chi connectivity index (χ0) is 17.4. The third-order valence-corrected chi connectivity index (χ3v) is 3.64. The number of hydrogen-bond acceptors (Lipinski definition) is 4. The van der Waals surface area contributed by atoms with Crippen LogP contribution >= 0.6 is 0 Å². The van der Waals surface area contributed by atoms with Gasteiger partial charge in [-0.15, -0.1) is 0 Å². The Morgan fingerprint density at radius 3 is 2.79 bits per heavy atom. The second kappa shape index (κ2) is 8.93. The molecule has 0 saturated heterocycles. The summed E-state index contributed by atoms with van der Waals surface area (Å²) >= 11 is 0. The van der Waals surface area contributed by atoms with E-state index in [0.717, 1.165) is 11.1 Å². The number of carbonyl (C=O) groups excluding carboxylic acids is 1. The van der Waals surface area contributed by atoms with E-state index in [1.54, 1.807) is 0 Å². The topological polar surface area (TPSA) is 84.6 Å². The molecule has 5 nitrogen and oxygen atoms in total. The Morgan fingerprint density at radius 2 is 2.04 bits per heavy atom. The molecule has 0 heterocycles. The summed E-state index contributed by atoms with van der Waals surface area (Å²) in [6, 6.07) is 15.1. The molecule has 0 aliphatic carbocycles. The van der Waals surface area contributed by atoms with Crippen molar-refractivity contribution in [2.75, 3.05) is 18.9 Å². The summed E-state index contributed by atoms with van der Waals surface area (Å²) in [6.07, 6.45) is 0.157. The number of carbonyl (C=O) groups is 1. The van der Waals surface area contributed by atoms with Gasteiger partial charge in [0, 0.05) is 18.7 Å². The van der Waals surface area contributed by atoms with E-state index in [1.807, 2.05) is 55.5 Å². The molecule has 0 saturated carbocycles. The molecule has 0 bridgehead atoms. The molecule has 1 amide bonds. The zero-order valence-corrected chi connectivity index (χ0v) is 13.9. The van der Waals surface area contributed by atoms with Crippen LogP contribution in [0.1, 0.15) is 17.5 Å². The minimum Gasteiger partial charge on any atom is -0.491 e. The van der Waals surface area contributed by atoms with Gasteiger partial charge in [-0.2, -0.15) is 0 Å². The largest absolute Gasteiger partial charge is 0.491 e.